The number of hydrogen-bond acceptors (Lipinski definition) is 1. The number of unbranched alkanes of at least 4 members (excludes halogenated alkanes) is 1. The maximum atomic E-state index is 5.43. The molecule has 0 unspecified atom stereocenters. The Morgan fingerprint density at radius 1 is 1.15 bits per heavy atom. The molecule has 0 saturated heterocycles. The van der Waals surface area contributed by atoms with Crippen molar-refractivity contribution in [2.45, 2.75) is 52.4 Å². The summed E-state index contributed by atoms with van der Waals surface area (Å²) in [6.45, 7) is 8.84. The zero-order valence-electron chi connectivity index (χ0n) is 12.9. The molecular formula is C17H24N2S. The van der Waals surface area contributed by atoms with Gasteiger partial charge in [0.2, 0.25) is 0 Å². The van der Waals surface area contributed by atoms with Gasteiger partial charge in [0, 0.05) is 23.0 Å². The van der Waals surface area contributed by atoms with Gasteiger partial charge in [-0.15, -0.1) is 0 Å². The van der Waals surface area contributed by atoms with Gasteiger partial charge in [0.15, 0.2) is 4.77 Å². The standard InChI is InChI=1S/C17H24N2S/c1-5-6-7-13-8-10-14(11-9-13)19-15(17(2,3)4)12-18-16(19)20/h8-12H,5-7H2,1-4H3,(H,18,20). The summed E-state index contributed by atoms with van der Waals surface area (Å²) in [5, 5.41) is 0. The number of aryl methyl sites for hydroxylation is 1. The molecule has 0 aliphatic carbocycles. The molecule has 1 aromatic heterocycles. The van der Waals surface area contributed by atoms with Gasteiger partial charge in [-0.2, -0.15) is 0 Å². The van der Waals surface area contributed by atoms with Crippen molar-refractivity contribution < 1.29 is 0 Å². The number of nitrogens with zero attached hydrogens (tertiary/aromatic N) is 1. The fourth-order valence-corrected chi connectivity index (χ4v) is 2.63. The molecule has 1 heterocycles. The second-order valence-corrected chi connectivity index (χ2v) is 6.72. The van der Waals surface area contributed by atoms with Crippen molar-refractivity contribution >= 4 is 12.2 Å². The highest BCUT2D eigenvalue weighted by atomic mass is 32.1. The van der Waals surface area contributed by atoms with Crippen LogP contribution >= 0.6 is 12.2 Å². The van der Waals surface area contributed by atoms with Crippen molar-refractivity contribution in [1.29, 1.82) is 0 Å². The van der Waals surface area contributed by atoms with Gasteiger partial charge in [-0.1, -0.05) is 46.2 Å². The van der Waals surface area contributed by atoms with Crippen molar-refractivity contribution in [3.8, 4) is 5.69 Å². The Bertz CT molecular complexity index is 612. The highest BCUT2D eigenvalue weighted by Crippen LogP contribution is 2.25. The van der Waals surface area contributed by atoms with E-state index in [1.165, 1.54) is 24.1 Å². The van der Waals surface area contributed by atoms with E-state index in [0.29, 0.717) is 0 Å². The van der Waals surface area contributed by atoms with Crippen molar-refractivity contribution in [3.05, 3.63) is 46.5 Å². The Morgan fingerprint density at radius 2 is 1.80 bits per heavy atom. The van der Waals surface area contributed by atoms with Gasteiger partial charge in [0.25, 0.3) is 0 Å². The Kier molecular flexibility index (Phi) is 4.48. The van der Waals surface area contributed by atoms with Crippen molar-refractivity contribution in [1.82, 2.24) is 9.55 Å². The van der Waals surface area contributed by atoms with Gasteiger partial charge in [0.05, 0.1) is 0 Å². The van der Waals surface area contributed by atoms with E-state index >= 15 is 0 Å². The molecule has 0 aliphatic rings. The van der Waals surface area contributed by atoms with E-state index in [4.69, 9.17) is 12.2 Å². The number of benzene rings is 1. The Morgan fingerprint density at radius 3 is 2.35 bits per heavy atom. The van der Waals surface area contributed by atoms with Crippen molar-refractivity contribution in [2.24, 2.45) is 0 Å². The number of hydrogen-bond donors (Lipinski definition) is 1. The molecular weight excluding hydrogens is 264 g/mol. The first-order valence-corrected chi connectivity index (χ1v) is 7.74. The van der Waals surface area contributed by atoms with Crippen LogP contribution in [-0.4, -0.2) is 9.55 Å². The molecule has 0 atom stereocenters. The molecule has 0 spiro atoms. The molecule has 2 rings (SSSR count). The van der Waals surface area contributed by atoms with Gasteiger partial charge < -0.3 is 4.98 Å². The van der Waals surface area contributed by atoms with Crippen LogP contribution in [0.1, 0.15) is 51.8 Å². The monoisotopic (exact) mass is 288 g/mol. The van der Waals surface area contributed by atoms with E-state index in [-0.39, 0.29) is 5.41 Å². The summed E-state index contributed by atoms with van der Waals surface area (Å²) < 4.78 is 2.90. The molecule has 0 bridgehead atoms. The highest BCUT2D eigenvalue weighted by molar-refractivity contribution is 7.71. The molecule has 0 amide bonds. The number of aromatic amines is 1. The second-order valence-electron chi connectivity index (χ2n) is 6.33. The third-order valence-corrected chi connectivity index (χ3v) is 3.86. The fraction of sp³-hybridized carbons (Fsp3) is 0.471. The van der Waals surface area contributed by atoms with E-state index in [9.17, 15) is 0 Å². The minimum Gasteiger partial charge on any atom is -0.337 e. The minimum absolute atomic E-state index is 0.0639. The van der Waals surface area contributed by atoms with E-state index in [0.717, 1.165) is 16.9 Å². The van der Waals surface area contributed by atoms with Crippen LogP contribution in [0.15, 0.2) is 30.5 Å². The lowest BCUT2D eigenvalue weighted by atomic mass is 9.92. The lowest BCUT2D eigenvalue weighted by molar-refractivity contribution is 0.556. The van der Waals surface area contributed by atoms with Gasteiger partial charge in [0.1, 0.15) is 0 Å². The van der Waals surface area contributed by atoms with E-state index in [1.807, 2.05) is 6.20 Å². The minimum atomic E-state index is 0.0639. The smallest absolute Gasteiger partial charge is 0.182 e. The number of aromatic nitrogens is 2. The molecule has 3 heteroatoms. The second kappa shape index (κ2) is 5.96. The first-order valence-electron chi connectivity index (χ1n) is 7.33. The topological polar surface area (TPSA) is 20.7 Å². The first-order chi connectivity index (χ1) is 9.43. The molecule has 1 aromatic carbocycles. The van der Waals surface area contributed by atoms with Crippen LogP contribution in [0.25, 0.3) is 5.69 Å². The third kappa shape index (κ3) is 3.21. The Labute approximate surface area is 126 Å². The van der Waals surface area contributed by atoms with Gasteiger partial charge in [-0.05, 0) is 42.8 Å². The summed E-state index contributed by atoms with van der Waals surface area (Å²) in [6.07, 6.45) is 5.66. The van der Waals surface area contributed by atoms with E-state index in [1.54, 1.807) is 0 Å². The number of rotatable bonds is 4. The zero-order valence-corrected chi connectivity index (χ0v) is 13.7. The van der Waals surface area contributed by atoms with Gasteiger partial charge in [-0.25, -0.2) is 0 Å². The fourth-order valence-electron chi connectivity index (χ4n) is 2.37. The summed E-state index contributed by atoms with van der Waals surface area (Å²) in [5.74, 6) is 0. The SMILES string of the molecule is CCCCc1ccc(-n2c(C(C)(C)C)c[nH]c2=S)cc1. The lowest BCUT2D eigenvalue weighted by Crippen LogP contribution is -2.16. The number of imidazole rings is 1. The molecule has 1 N–H and O–H groups in total. The number of nitrogens with one attached hydrogen (secondary N) is 1. The van der Waals surface area contributed by atoms with E-state index < -0.39 is 0 Å². The summed E-state index contributed by atoms with van der Waals surface area (Å²) in [4.78, 5) is 3.17. The lowest BCUT2D eigenvalue weighted by Gasteiger charge is -2.20. The van der Waals surface area contributed by atoms with Crippen LogP contribution in [0.5, 0.6) is 0 Å². The molecule has 0 radical (unpaired) electrons. The van der Waals surface area contributed by atoms with Crippen LogP contribution in [0.4, 0.5) is 0 Å². The molecule has 0 saturated carbocycles. The summed E-state index contributed by atoms with van der Waals surface area (Å²) in [5.41, 5.74) is 3.81. The summed E-state index contributed by atoms with van der Waals surface area (Å²) in [6, 6.07) is 8.77. The maximum Gasteiger partial charge on any atom is 0.182 e. The van der Waals surface area contributed by atoms with E-state index in [2.05, 4.69) is 61.5 Å². The Hall–Kier alpha value is -1.35. The molecule has 2 nitrogen and oxygen atoms in total. The maximum absolute atomic E-state index is 5.43. The van der Waals surface area contributed by atoms with Crippen LogP contribution in [0.2, 0.25) is 0 Å². The van der Waals surface area contributed by atoms with Crippen LogP contribution in [-0.2, 0) is 11.8 Å². The summed E-state index contributed by atoms with van der Waals surface area (Å²) in [7, 11) is 0. The Balaban J connectivity index is 2.37. The quantitative estimate of drug-likeness (QED) is 0.769. The van der Waals surface area contributed by atoms with Crippen LogP contribution in [0.3, 0.4) is 0 Å². The normalized spacial score (nSPS) is 11.8. The average Bonchev–Trinajstić information content (AvgIpc) is 2.79. The molecule has 20 heavy (non-hydrogen) atoms. The third-order valence-electron chi connectivity index (χ3n) is 3.56. The molecule has 0 aliphatic heterocycles. The largest absolute Gasteiger partial charge is 0.337 e. The zero-order chi connectivity index (χ0) is 14.8. The van der Waals surface area contributed by atoms with Crippen LogP contribution in [0, 0.1) is 4.77 Å². The number of H-pyrrole nitrogens is 1. The first kappa shape index (κ1) is 15.0. The molecule has 108 valence electrons. The van der Waals surface area contributed by atoms with Gasteiger partial charge in [-0.3, -0.25) is 4.57 Å². The van der Waals surface area contributed by atoms with Crippen molar-refractivity contribution in [2.75, 3.05) is 0 Å². The van der Waals surface area contributed by atoms with Gasteiger partial charge >= 0.3 is 0 Å². The van der Waals surface area contributed by atoms with Crippen molar-refractivity contribution in [3.63, 3.8) is 0 Å². The van der Waals surface area contributed by atoms with Crippen LogP contribution < -0.4 is 0 Å². The predicted molar refractivity (Wildman–Crippen MR) is 88.3 cm³/mol. The summed E-state index contributed by atoms with van der Waals surface area (Å²) >= 11 is 5.43. The highest BCUT2D eigenvalue weighted by Gasteiger charge is 2.19. The average molecular weight is 288 g/mol. The molecule has 0 fully saturated rings. The molecule has 2 aromatic rings. The predicted octanol–water partition coefficient (Wildman–Crippen LogP) is 5.17.